The van der Waals surface area contributed by atoms with Crippen molar-refractivity contribution in [2.75, 3.05) is 26.8 Å². The fourth-order valence-corrected chi connectivity index (χ4v) is 3.61. The van der Waals surface area contributed by atoms with Crippen LogP contribution in [0.2, 0.25) is 0 Å². The van der Waals surface area contributed by atoms with Crippen LogP contribution in [-0.2, 0) is 9.53 Å². The molecule has 0 saturated heterocycles. The maximum atomic E-state index is 12.9. The Labute approximate surface area is 130 Å². The Kier molecular flexibility index (Phi) is 8.27. The average molecular weight is 298 g/mol. The van der Waals surface area contributed by atoms with Crippen molar-refractivity contribution in [3.63, 3.8) is 0 Å². The molecule has 0 radical (unpaired) electrons. The highest BCUT2D eigenvalue weighted by atomic mass is 16.5. The van der Waals surface area contributed by atoms with Gasteiger partial charge in [0.15, 0.2) is 0 Å². The van der Waals surface area contributed by atoms with Crippen LogP contribution in [0.4, 0.5) is 0 Å². The Morgan fingerprint density at radius 3 is 2.33 bits per heavy atom. The molecule has 0 aromatic carbocycles. The Morgan fingerprint density at radius 1 is 1.24 bits per heavy atom. The Morgan fingerprint density at radius 2 is 1.86 bits per heavy atom. The lowest BCUT2D eigenvalue weighted by molar-refractivity contribution is -0.137. The number of nitrogens with two attached hydrogens (primary N) is 1. The van der Waals surface area contributed by atoms with Gasteiger partial charge in [0.25, 0.3) is 0 Å². The first-order valence-corrected chi connectivity index (χ1v) is 8.61. The zero-order valence-electron chi connectivity index (χ0n) is 14.2. The van der Waals surface area contributed by atoms with Gasteiger partial charge in [0.2, 0.25) is 5.91 Å². The van der Waals surface area contributed by atoms with E-state index in [0.29, 0.717) is 32.2 Å². The second-order valence-electron chi connectivity index (χ2n) is 6.49. The minimum absolute atomic E-state index is 0.0483. The lowest BCUT2D eigenvalue weighted by Gasteiger charge is -2.39. The Hall–Kier alpha value is -0.610. The summed E-state index contributed by atoms with van der Waals surface area (Å²) in [6.45, 7) is 6.25. The Bertz CT molecular complexity index is 297. The second-order valence-corrected chi connectivity index (χ2v) is 6.49. The summed E-state index contributed by atoms with van der Waals surface area (Å²) in [6, 6.07) is 0.325. The molecule has 0 bridgehead atoms. The predicted molar refractivity (Wildman–Crippen MR) is 87.1 cm³/mol. The number of hydrogen-bond acceptors (Lipinski definition) is 3. The molecule has 1 amide bonds. The molecular weight excluding hydrogens is 264 g/mol. The van der Waals surface area contributed by atoms with E-state index in [2.05, 4.69) is 13.8 Å². The standard InChI is InChI=1S/C17H34N2O2/c1-4-15(5-2)19(11-12-21-3)16(20)13-17(14-18)9-7-6-8-10-17/h15H,4-14,18H2,1-3H3. The third kappa shape index (κ3) is 5.26. The van der Waals surface area contributed by atoms with E-state index in [1.165, 1.54) is 19.3 Å². The number of nitrogens with zero attached hydrogens (tertiary/aromatic N) is 1. The van der Waals surface area contributed by atoms with Gasteiger partial charge in [0.05, 0.1) is 6.61 Å². The maximum Gasteiger partial charge on any atom is 0.223 e. The van der Waals surface area contributed by atoms with Crippen LogP contribution >= 0.6 is 0 Å². The van der Waals surface area contributed by atoms with Crippen molar-refractivity contribution in [1.29, 1.82) is 0 Å². The molecule has 0 spiro atoms. The smallest absolute Gasteiger partial charge is 0.223 e. The van der Waals surface area contributed by atoms with Crippen LogP contribution in [0.3, 0.4) is 0 Å². The lowest BCUT2D eigenvalue weighted by Crippen LogP contribution is -2.45. The van der Waals surface area contributed by atoms with E-state index in [4.69, 9.17) is 10.5 Å². The monoisotopic (exact) mass is 298 g/mol. The van der Waals surface area contributed by atoms with E-state index in [1.54, 1.807) is 7.11 Å². The molecule has 4 heteroatoms. The van der Waals surface area contributed by atoms with Crippen LogP contribution in [0, 0.1) is 5.41 Å². The van der Waals surface area contributed by atoms with Crippen LogP contribution in [-0.4, -0.2) is 43.7 Å². The van der Waals surface area contributed by atoms with E-state index in [0.717, 1.165) is 25.7 Å². The molecule has 1 saturated carbocycles. The number of carbonyl (C=O) groups excluding carboxylic acids is 1. The van der Waals surface area contributed by atoms with Crippen molar-refractivity contribution < 1.29 is 9.53 Å². The molecule has 4 nitrogen and oxygen atoms in total. The molecule has 0 atom stereocenters. The molecule has 124 valence electrons. The molecule has 0 aliphatic heterocycles. The van der Waals surface area contributed by atoms with Gasteiger partial charge in [-0.25, -0.2) is 0 Å². The van der Waals surface area contributed by atoms with Crippen LogP contribution in [0.25, 0.3) is 0 Å². The summed E-state index contributed by atoms with van der Waals surface area (Å²) in [6.07, 6.45) is 8.55. The molecule has 0 unspecified atom stereocenters. The quantitative estimate of drug-likeness (QED) is 0.712. The number of carbonyl (C=O) groups is 1. The van der Waals surface area contributed by atoms with Crippen molar-refractivity contribution in [3.05, 3.63) is 0 Å². The van der Waals surface area contributed by atoms with Gasteiger partial charge >= 0.3 is 0 Å². The van der Waals surface area contributed by atoms with Crippen molar-refractivity contribution in [1.82, 2.24) is 4.90 Å². The van der Waals surface area contributed by atoms with Gasteiger partial charge in [0, 0.05) is 26.1 Å². The largest absolute Gasteiger partial charge is 0.383 e. The fourth-order valence-electron chi connectivity index (χ4n) is 3.61. The first-order valence-electron chi connectivity index (χ1n) is 8.61. The number of rotatable bonds is 9. The second kappa shape index (κ2) is 9.42. The minimum Gasteiger partial charge on any atom is -0.383 e. The van der Waals surface area contributed by atoms with Crippen LogP contribution in [0.1, 0.15) is 65.2 Å². The van der Waals surface area contributed by atoms with E-state index in [9.17, 15) is 4.79 Å². The van der Waals surface area contributed by atoms with Crippen LogP contribution in [0.5, 0.6) is 0 Å². The number of methoxy groups -OCH3 is 1. The van der Waals surface area contributed by atoms with E-state index in [1.807, 2.05) is 4.90 Å². The molecule has 0 heterocycles. The van der Waals surface area contributed by atoms with Gasteiger partial charge in [-0.05, 0) is 37.6 Å². The van der Waals surface area contributed by atoms with Gasteiger partial charge in [-0.15, -0.1) is 0 Å². The normalized spacial score (nSPS) is 18.0. The average Bonchev–Trinajstić information content (AvgIpc) is 2.52. The summed E-state index contributed by atoms with van der Waals surface area (Å²) in [4.78, 5) is 14.9. The van der Waals surface area contributed by atoms with Crippen molar-refractivity contribution in [3.8, 4) is 0 Å². The topological polar surface area (TPSA) is 55.6 Å². The molecular formula is C17H34N2O2. The first-order chi connectivity index (χ1) is 10.1. The van der Waals surface area contributed by atoms with Gasteiger partial charge in [-0.2, -0.15) is 0 Å². The molecule has 1 aliphatic rings. The summed E-state index contributed by atoms with van der Waals surface area (Å²) in [5.41, 5.74) is 6.08. The van der Waals surface area contributed by atoms with E-state index >= 15 is 0 Å². The third-order valence-corrected chi connectivity index (χ3v) is 5.11. The van der Waals surface area contributed by atoms with Gasteiger partial charge < -0.3 is 15.4 Å². The molecule has 1 fully saturated rings. The van der Waals surface area contributed by atoms with Crippen molar-refractivity contribution >= 4 is 5.91 Å². The first kappa shape index (κ1) is 18.4. The van der Waals surface area contributed by atoms with E-state index < -0.39 is 0 Å². The summed E-state index contributed by atoms with van der Waals surface area (Å²) in [5.74, 6) is 0.271. The van der Waals surface area contributed by atoms with E-state index in [-0.39, 0.29) is 11.3 Å². The minimum atomic E-state index is 0.0483. The maximum absolute atomic E-state index is 12.9. The summed E-state index contributed by atoms with van der Waals surface area (Å²) >= 11 is 0. The summed E-state index contributed by atoms with van der Waals surface area (Å²) in [7, 11) is 1.69. The number of ether oxygens (including phenoxy) is 1. The zero-order valence-corrected chi connectivity index (χ0v) is 14.2. The third-order valence-electron chi connectivity index (χ3n) is 5.11. The highest BCUT2D eigenvalue weighted by Gasteiger charge is 2.35. The Balaban J connectivity index is 2.73. The van der Waals surface area contributed by atoms with Crippen LogP contribution in [0.15, 0.2) is 0 Å². The van der Waals surface area contributed by atoms with Gasteiger partial charge in [0.1, 0.15) is 0 Å². The lowest BCUT2D eigenvalue weighted by atomic mass is 9.71. The number of hydrogen-bond donors (Lipinski definition) is 1. The van der Waals surface area contributed by atoms with Crippen molar-refractivity contribution in [2.24, 2.45) is 11.1 Å². The summed E-state index contributed by atoms with van der Waals surface area (Å²) in [5, 5.41) is 0. The molecule has 2 N–H and O–H groups in total. The summed E-state index contributed by atoms with van der Waals surface area (Å²) < 4.78 is 5.18. The number of amides is 1. The molecule has 21 heavy (non-hydrogen) atoms. The van der Waals surface area contributed by atoms with Gasteiger partial charge in [-0.1, -0.05) is 33.1 Å². The molecule has 0 aromatic heterocycles. The van der Waals surface area contributed by atoms with Crippen LogP contribution < -0.4 is 5.73 Å². The van der Waals surface area contributed by atoms with Crippen molar-refractivity contribution in [2.45, 2.75) is 71.3 Å². The van der Waals surface area contributed by atoms with Gasteiger partial charge in [-0.3, -0.25) is 4.79 Å². The SMILES string of the molecule is CCC(CC)N(CCOC)C(=O)CC1(CN)CCCCC1. The highest BCUT2D eigenvalue weighted by molar-refractivity contribution is 5.77. The zero-order chi connectivity index (χ0) is 15.7. The highest BCUT2D eigenvalue weighted by Crippen LogP contribution is 2.39. The molecule has 1 rings (SSSR count). The fraction of sp³-hybridized carbons (Fsp3) is 0.941. The molecule has 0 aromatic rings. The predicted octanol–water partition coefficient (Wildman–Crippen LogP) is 2.95. The molecule has 1 aliphatic carbocycles.